The average Bonchev–Trinajstić information content (AvgIpc) is 2.62. The number of allylic oxidation sites excluding steroid dienone is 1. The largest absolute Gasteiger partial charge is 0.371 e. The van der Waals surface area contributed by atoms with Gasteiger partial charge in [-0.05, 0) is 44.9 Å². The van der Waals surface area contributed by atoms with Gasteiger partial charge in [0, 0.05) is 11.5 Å². The van der Waals surface area contributed by atoms with Crippen molar-refractivity contribution in [2.75, 3.05) is 26.2 Å². The molecule has 2 fully saturated rings. The van der Waals surface area contributed by atoms with E-state index in [-0.39, 0.29) is 0 Å². The molecule has 2 aliphatic heterocycles. The van der Waals surface area contributed by atoms with Crippen LogP contribution < -0.4 is 0 Å². The molecule has 1 aromatic carbocycles. The van der Waals surface area contributed by atoms with Crippen LogP contribution in [-0.2, 0) is 11.3 Å². The van der Waals surface area contributed by atoms with Crippen molar-refractivity contribution >= 4 is 0 Å². The van der Waals surface area contributed by atoms with Gasteiger partial charge in [0.25, 0.3) is 0 Å². The molecule has 3 atom stereocenters. The number of ether oxygens (including phenoxy) is 1. The van der Waals surface area contributed by atoms with E-state index in [1.54, 1.807) is 5.57 Å². The van der Waals surface area contributed by atoms with Crippen LogP contribution >= 0.6 is 0 Å². The summed E-state index contributed by atoms with van der Waals surface area (Å²) in [6, 6.07) is 11.1. The average molecular weight is 327 g/mol. The van der Waals surface area contributed by atoms with Crippen LogP contribution in [0.3, 0.4) is 0 Å². The summed E-state index contributed by atoms with van der Waals surface area (Å²) >= 11 is 0. The normalized spacial score (nSPS) is 32.2. The summed E-state index contributed by atoms with van der Waals surface area (Å²) in [6.07, 6.45) is 9.68. The van der Waals surface area contributed by atoms with Gasteiger partial charge in [0.2, 0.25) is 0 Å². The van der Waals surface area contributed by atoms with E-state index in [0.29, 0.717) is 12.0 Å². The first-order valence-electron chi connectivity index (χ1n) is 9.91. The summed E-state index contributed by atoms with van der Waals surface area (Å²) in [5.74, 6) is 1.45. The lowest BCUT2D eigenvalue weighted by Crippen LogP contribution is -2.57. The van der Waals surface area contributed by atoms with E-state index in [1.807, 2.05) is 0 Å². The van der Waals surface area contributed by atoms with Gasteiger partial charge in [-0.2, -0.15) is 0 Å². The maximum Gasteiger partial charge on any atom is 0.113 e. The second-order valence-corrected chi connectivity index (χ2v) is 8.44. The summed E-state index contributed by atoms with van der Waals surface area (Å²) in [4.78, 5) is 0. The molecule has 0 saturated carbocycles. The first-order valence-corrected chi connectivity index (χ1v) is 9.91. The molecular formula is C22H32NO+. The molecule has 0 aromatic heterocycles. The van der Waals surface area contributed by atoms with E-state index in [9.17, 15) is 0 Å². The van der Waals surface area contributed by atoms with Gasteiger partial charge in [-0.25, -0.2) is 0 Å². The Balaban J connectivity index is 1.53. The van der Waals surface area contributed by atoms with E-state index in [1.165, 1.54) is 68.3 Å². The molecule has 2 nitrogen and oxygen atoms in total. The molecular weight excluding hydrogens is 294 g/mol. The lowest BCUT2D eigenvalue weighted by molar-refractivity contribution is -0.948. The molecule has 2 bridgehead atoms. The van der Waals surface area contributed by atoms with E-state index in [0.717, 1.165) is 12.5 Å². The third-order valence-electron chi connectivity index (χ3n) is 6.63. The van der Waals surface area contributed by atoms with Crippen molar-refractivity contribution in [3.8, 4) is 0 Å². The fraction of sp³-hybridized carbons (Fsp3) is 0.636. The first-order chi connectivity index (χ1) is 11.7. The Labute approximate surface area is 147 Å². The lowest BCUT2D eigenvalue weighted by Gasteiger charge is -2.47. The molecule has 0 spiro atoms. The number of hydrogen-bond acceptors (Lipinski definition) is 1. The third-order valence-corrected chi connectivity index (χ3v) is 6.63. The smallest absolute Gasteiger partial charge is 0.113 e. The number of rotatable bonds is 4. The van der Waals surface area contributed by atoms with Crippen LogP contribution in [0.4, 0.5) is 0 Å². The highest BCUT2D eigenvalue weighted by atomic mass is 16.5. The van der Waals surface area contributed by atoms with Crippen molar-refractivity contribution in [3.63, 3.8) is 0 Å². The van der Waals surface area contributed by atoms with Crippen molar-refractivity contribution in [1.29, 1.82) is 0 Å². The molecule has 0 amide bonds. The molecule has 3 unspecified atom stereocenters. The highest BCUT2D eigenvalue weighted by molar-refractivity contribution is 5.14. The Morgan fingerprint density at radius 1 is 1.08 bits per heavy atom. The number of fused-ring (bicyclic) bond motifs is 2. The molecule has 2 saturated heterocycles. The van der Waals surface area contributed by atoms with Gasteiger partial charge < -0.3 is 9.22 Å². The van der Waals surface area contributed by atoms with Gasteiger partial charge in [0.15, 0.2) is 0 Å². The van der Waals surface area contributed by atoms with Gasteiger partial charge in [-0.1, -0.05) is 42.0 Å². The quantitative estimate of drug-likeness (QED) is 0.582. The Hall–Kier alpha value is -1.12. The standard InChI is InChI=1S/C22H32NO/c1-18-10-11-20-14-21(18)22(24-17-20)16-23(12-6-3-7-13-23)15-19-8-4-2-5-9-19/h2,4-5,8-10,20-22H,3,6-7,11-17H2,1H3/q+1. The molecule has 130 valence electrons. The molecule has 1 aromatic rings. The first kappa shape index (κ1) is 16.4. The maximum absolute atomic E-state index is 6.42. The zero-order valence-corrected chi connectivity index (χ0v) is 15.1. The summed E-state index contributed by atoms with van der Waals surface area (Å²) < 4.78 is 7.66. The minimum atomic E-state index is 0.430. The highest BCUT2D eigenvalue weighted by Crippen LogP contribution is 2.38. The minimum absolute atomic E-state index is 0.430. The number of benzene rings is 1. The molecule has 2 heterocycles. The van der Waals surface area contributed by atoms with Gasteiger partial charge in [-0.15, -0.1) is 0 Å². The number of piperidine rings is 1. The SMILES string of the molecule is CC1=CCC2COC(C[N+]3(Cc4ccccc4)CCCCC3)C1C2. The number of hydrogen-bond donors (Lipinski definition) is 0. The molecule has 0 radical (unpaired) electrons. The lowest BCUT2D eigenvalue weighted by atomic mass is 9.76. The van der Waals surface area contributed by atoms with Crippen LogP contribution in [0.1, 0.15) is 44.6 Å². The highest BCUT2D eigenvalue weighted by Gasteiger charge is 2.41. The summed E-state index contributed by atoms with van der Waals surface area (Å²) in [5, 5.41) is 0. The zero-order chi connectivity index (χ0) is 16.4. The van der Waals surface area contributed by atoms with Crippen molar-refractivity contribution in [1.82, 2.24) is 0 Å². The predicted molar refractivity (Wildman–Crippen MR) is 98.6 cm³/mol. The van der Waals surface area contributed by atoms with Crippen LogP contribution in [0.2, 0.25) is 0 Å². The molecule has 2 heteroatoms. The molecule has 3 aliphatic rings. The summed E-state index contributed by atoms with van der Waals surface area (Å²) in [6.45, 7) is 8.36. The number of quaternary nitrogens is 1. The molecule has 0 N–H and O–H groups in total. The third kappa shape index (κ3) is 3.45. The van der Waals surface area contributed by atoms with Gasteiger partial charge in [0.1, 0.15) is 19.2 Å². The van der Waals surface area contributed by atoms with Crippen LogP contribution in [0, 0.1) is 11.8 Å². The summed E-state index contributed by atoms with van der Waals surface area (Å²) in [5.41, 5.74) is 3.08. The Bertz CT molecular complexity index is 573. The topological polar surface area (TPSA) is 9.23 Å². The second kappa shape index (κ2) is 7.01. The van der Waals surface area contributed by atoms with E-state index in [4.69, 9.17) is 4.74 Å². The molecule has 24 heavy (non-hydrogen) atoms. The van der Waals surface area contributed by atoms with Crippen LogP contribution in [-0.4, -0.2) is 36.8 Å². The summed E-state index contributed by atoms with van der Waals surface area (Å²) in [7, 11) is 0. The zero-order valence-electron chi connectivity index (χ0n) is 15.1. The molecule has 4 rings (SSSR count). The van der Waals surface area contributed by atoms with Crippen molar-refractivity contribution in [3.05, 3.63) is 47.5 Å². The van der Waals surface area contributed by atoms with Crippen molar-refractivity contribution in [2.45, 2.75) is 51.7 Å². The Morgan fingerprint density at radius 3 is 2.67 bits per heavy atom. The van der Waals surface area contributed by atoms with Crippen molar-refractivity contribution in [2.24, 2.45) is 11.8 Å². The second-order valence-electron chi connectivity index (χ2n) is 8.44. The Kier molecular flexibility index (Phi) is 4.78. The molecule has 1 aliphatic carbocycles. The van der Waals surface area contributed by atoms with E-state index < -0.39 is 0 Å². The van der Waals surface area contributed by atoms with Gasteiger partial charge in [0.05, 0.1) is 19.7 Å². The number of likely N-dealkylation sites (tertiary alicyclic amines) is 1. The van der Waals surface area contributed by atoms with Crippen molar-refractivity contribution < 1.29 is 9.22 Å². The van der Waals surface area contributed by atoms with Crippen LogP contribution in [0.5, 0.6) is 0 Å². The maximum atomic E-state index is 6.42. The fourth-order valence-electron chi connectivity index (χ4n) is 5.22. The fourth-order valence-corrected chi connectivity index (χ4v) is 5.22. The number of nitrogens with zero attached hydrogens (tertiary/aromatic N) is 1. The van der Waals surface area contributed by atoms with Crippen LogP contribution in [0.25, 0.3) is 0 Å². The predicted octanol–water partition coefficient (Wildman–Crippen LogP) is 4.56. The Morgan fingerprint density at radius 2 is 1.88 bits per heavy atom. The monoisotopic (exact) mass is 326 g/mol. The van der Waals surface area contributed by atoms with E-state index in [2.05, 4.69) is 43.3 Å². The minimum Gasteiger partial charge on any atom is -0.371 e. The van der Waals surface area contributed by atoms with Gasteiger partial charge >= 0.3 is 0 Å². The van der Waals surface area contributed by atoms with Crippen LogP contribution in [0.15, 0.2) is 42.0 Å². The van der Waals surface area contributed by atoms with Gasteiger partial charge in [-0.3, -0.25) is 0 Å². The van der Waals surface area contributed by atoms with E-state index >= 15 is 0 Å².